The highest BCUT2D eigenvalue weighted by atomic mass is 79.9. The highest BCUT2D eigenvalue weighted by Crippen LogP contribution is 2.21. The highest BCUT2D eigenvalue weighted by molar-refractivity contribution is 9.10. The zero-order valence-electron chi connectivity index (χ0n) is 11.1. The van der Waals surface area contributed by atoms with Crippen molar-refractivity contribution in [2.75, 3.05) is 0 Å². The van der Waals surface area contributed by atoms with Crippen LogP contribution < -0.4 is 5.32 Å². The topological polar surface area (TPSA) is 29.1 Å². The minimum atomic E-state index is -0.0284. The summed E-state index contributed by atoms with van der Waals surface area (Å²) in [6.45, 7) is 10.4. The van der Waals surface area contributed by atoms with Gasteiger partial charge in [-0.2, -0.15) is 0 Å². The summed E-state index contributed by atoms with van der Waals surface area (Å²) in [5, 5.41) is 3.03. The molecule has 1 aromatic carbocycles. The van der Waals surface area contributed by atoms with Crippen molar-refractivity contribution in [3.63, 3.8) is 0 Å². The summed E-state index contributed by atoms with van der Waals surface area (Å²) in [6, 6.07) is 5.88. The van der Waals surface area contributed by atoms with Crippen LogP contribution in [0.4, 0.5) is 0 Å². The lowest BCUT2D eigenvalue weighted by Gasteiger charge is -2.28. The van der Waals surface area contributed by atoms with E-state index >= 15 is 0 Å². The van der Waals surface area contributed by atoms with Crippen molar-refractivity contribution >= 4 is 21.8 Å². The predicted octanol–water partition coefficient (Wildman–Crippen LogP) is 3.92. The second-order valence-electron chi connectivity index (χ2n) is 5.54. The highest BCUT2D eigenvalue weighted by Gasteiger charge is 2.22. The minimum Gasteiger partial charge on any atom is -0.349 e. The second-order valence-corrected chi connectivity index (χ2v) is 6.40. The van der Waals surface area contributed by atoms with E-state index in [0.717, 1.165) is 10.0 Å². The van der Waals surface area contributed by atoms with E-state index in [1.165, 1.54) is 0 Å². The molecule has 1 amide bonds. The van der Waals surface area contributed by atoms with E-state index in [4.69, 9.17) is 0 Å². The van der Waals surface area contributed by atoms with Crippen molar-refractivity contribution in [2.45, 2.75) is 40.7 Å². The molecular formula is C14H20BrNO. The van der Waals surface area contributed by atoms with Crippen molar-refractivity contribution in [2.24, 2.45) is 5.41 Å². The maximum atomic E-state index is 12.1. The van der Waals surface area contributed by atoms with Crippen molar-refractivity contribution in [1.82, 2.24) is 5.32 Å². The Morgan fingerprint density at radius 1 is 1.35 bits per heavy atom. The third-order valence-electron chi connectivity index (χ3n) is 3.02. The lowest BCUT2D eigenvalue weighted by Crippen LogP contribution is -2.41. The zero-order valence-corrected chi connectivity index (χ0v) is 12.7. The SMILES string of the molecule is Cc1ccc(C(=O)NC(C)C(C)(C)C)c(Br)c1. The van der Waals surface area contributed by atoms with E-state index in [1.54, 1.807) is 0 Å². The standard InChI is InChI=1S/C14H20BrNO/c1-9-6-7-11(12(15)8-9)13(17)16-10(2)14(3,4)5/h6-8,10H,1-5H3,(H,16,17). The Morgan fingerprint density at radius 3 is 2.41 bits per heavy atom. The fourth-order valence-corrected chi connectivity index (χ4v) is 1.97. The molecule has 0 radical (unpaired) electrons. The number of benzene rings is 1. The van der Waals surface area contributed by atoms with Gasteiger partial charge in [-0.05, 0) is 52.9 Å². The molecule has 1 rings (SSSR count). The van der Waals surface area contributed by atoms with Gasteiger partial charge in [-0.25, -0.2) is 0 Å². The van der Waals surface area contributed by atoms with Crippen LogP contribution in [-0.4, -0.2) is 11.9 Å². The van der Waals surface area contributed by atoms with Crippen LogP contribution >= 0.6 is 15.9 Å². The van der Waals surface area contributed by atoms with Gasteiger partial charge >= 0.3 is 0 Å². The van der Waals surface area contributed by atoms with Gasteiger partial charge in [-0.3, -0.25) is 4.79 Å². The Bertz CT molecular complexity index is 421. The summed E-state index contributed by atoms with van der Waals surface area (Å²) < 4.78 is 0.844. The van der Waals surface area contributed by atoms with Crippen molar-refractivity contribution < 1.29 is 4.79 Å². The van der Waals surface area contributed by atoms with Crippen LogP contribution in [-0.2, 0) is 0 Å². The van der Waals surface area contributed by atoms with Gasteiger partial charge in [0, 0.05) is 10.5 Å². The summed E-state index contributed by atoms with van der Waals surface area (Å²) >= 11 is 3.43. The third-order valence-corrected chi connectivity index (χ3v) is 3.67. The molecule has 1 unspecified atom stereocenters. The first-order chi connectivity index (χ1) is 7.71. The van der Waals surface area contributed by atoms with Gasteiger partial charge in [0.05, 0.1) is 5.56 Å². The molecule has 0 aliphatic rings. The number of aryl methyl sites for hydroxylation is 1. The van der Waals surface area contributed by atoms with Gasteiger partial charge in [-0.1, -0.05) is 26.8 Å². The molecule has 94 valence electrons. The lowest BCUT2D eigenvalue weighted by atomic mass is 9.88. The van der Waals surface area contributed by atoms with Crippen LogP contribution in [0.15, 0.2) is 22.7 Å². The first-order valence-corrected chi connectivity index (χ1v) is 6.58. The molecule has 0 bridgehead atoms. The number of hydrogen-bond acceptors (Lipinski definition) is 1. The largest absolute Gasteiger partial charge is 0.349 e. The maximum absolute atomic E-state index is 12.1. The van der Waals surface area contributed by atoms with E-state index in [2.05, 4.69) is 42.0 Å². The molecule has 1 aromatic rings. The van der Waals surface area contributed by atoms with E-state index < -0.39 is 0 Å². The lowest BCUT2D eigenvalue weighted by molar-refractivity contribution is 0.0909. The molecular weight excluding hydrogens is 278 g/mol. The van der Waals surface area contributed by atoms with Gasteiger partial charge in [-0.15, -0.1) is 0 Å². The van der Waals surface area contributed by atoms with Crippen molar-refractivity contribution in [3.8, 4) is 0 Å². The smallest absolute Gasteiger partial charge is 0.252 e. The van der Waals surface area contributed by atoms with E-state index in [9.17, 15) is 4.79 Å². The zero-order chi connectivity index (χ0) is 13.2. The molecule has 3 heteroatoms. The number of halogens is 1. The van der Waals surface area contributed by atoms with Gasteiger partial charge < -0.3 is 5.32 Å². The van der Waals surface area contributed by atoms with E-state index in [-0.39, 0.29) is 17.4 Å². The molecule has 1 N–H and O–H groups in total. The number of hydrogen-bond donors (Lipinski definition) is 1. The van der Waals surface area contributed by atoms with E-state index in [0.29, 0.717) is 5.56 Å². The van der Waals surface area contributed by atoms with Gasteiger partial charge in [0.2, 0.25) is 0 Å². The Hall–Kier alpha value is -0.830. The monoisotopic (exact) mass is 297 g/mol. The van der Waals surface area contributed by atoms with E-state index in [1.807, 2.05) is 32.0 Å². The molecule has 0 aliphatic carbocycles. The maximum Gasteiger partial charge on any atom is 0.252 e. The third kappa shape index (κ3) is 3.84. The molecule has 0 spiro atoms. The second kappa shape index (κ2) is 5.21. The quantitative estimate of drug-likeness (QED) is 0.881. The number of carbonyl (C=O) groups is 1. The number of rotatable bonds is 2. The van der Waals surface area contributed by atoms with Crippen LogP contribution in [0.1, 0.15) is 43.6 Å². The summed E-state index contributed by atoms with van der Waals surface area (Å²) in [5.41, 5.74) is 1.89. The van der Waals surface area contributed by atoms with Crippen LogP contribution in [0, 0.1) is 12.3 Å². The number of nitrogens with one attached hydrogen (secondary N) is 1. The summed E-state index contributed by atoms with van der Waals surface area (Å²) in [7, 11) is 0. The molecule has 0 aromatic heterocycles. The first-order valence-electron chi connectivity index (χ1n) is 5.79. The Balaban J connectivity index is 2.84. The number of amides is 1. The summed E-state index contributed by atoms with van der Waals surface area (Å²) in [5.74, 6) is -0.0284. The molecule has 1 atom stereocenters. The fraction of sp³-hybridized carbons (Fsp3) is 0.500. The number of carbonyl (C=O) groups excluding carboxylic acids is 1. The summed E-state index contributed by atoms with van der Waals surface area (Å²) in [4.78, 5) is 12.1. The van der Waals surface area contributed by atoms with Crippen LogP contribution in [0.3, 0.4) is 0 Å². The predicted molar refractivity (Wildman–Crippen MR) is 75.3 cm³/mol. The molecule has 0 heterocycles. The van der Waals surface area contributed by atoms with Crippen LogP contribution in [0.2, 0.25) is 0 Å². The molecule has 0 fully saturated rings. The van der Waals surface area contributed by atoms with Gasteiger partial charge in [0.25, 0.3) is 5.91 Å². The van der Waals surface area contributed by atoms with Crippen molar-refractivity contribution in [3.05, 3.63) is 33.8 Å². The molecule has 2 nitrogen and oxygen atoms in total. The Labute approximate surface area is 112 Å². The molecule has 0 saturated carbocycles. The molecule has 17 heavy (non-hydrogen) atoms. The average Bonchev–Trinajstić information content (AvgIpc) is 2.15. The van der Waals surface area contributed by atoms with Crippen LogP contribution in [0.25, 0.3) is 0 Å². The molecule has 0 saturated heterocycles. The van der Waals surface area contributed by atoms with Gasteiger partial charge in [0.15, 0.2) is 0 Å². The van der Waals surface area contributed by atoms with Crippen LogP contribution in [0.5, 0.6) is 0 Å². The van der Waals surface area contributed by atoms with Crippen molar-refractivity contribution in [1.29, 1.82) is 0 Å². The first kappa shape index (κ1) is 14.2. The molecule has 0 aliphatic heterocycles. The summed E-state index contributed by atoms with van der Waals surface area (Å²) in [6.07, 6.45) is 0. The Kier molecular flexibility index (Phi) is 4.36. The van der Waals surface area contributed by atoms with Gasteiger partial charge in [0.1, 0.15) is 0 Å². The fourth-order valence-electron chi connectivity index (χ4n) is 1.30. The average molecular weight is 298 g/mol. The normalized spacial score (nSPS) is 13.3. The Morgan fingerprint density at radius 2 is 1.94 bits per heavy atom. The minimum absolute atomic E-state index is 0.0284.